The van der Waals surface area contributed by atoms with Crippen molar-refractivity contribution in [3.8, 4) is 17.2 Å². The van der Waals surface area contributed by atoms with Gasteiger partial charge in [0.15, 0.2) is 0 Å². The van der Waals surface area contributed by atoms with Crippen molar-refractivity contribution in [3.63, 3.8) is 0 Å². The third kappa shape index (κ3) is 6.21. The first-order valence-corrected chi connectivity index (χ1v) is 10.9. The third-order valence-electron chi connectivity index (χ3n) is 5.29. The van der Waals surface area contributed by atoms with E-state index in [1.54, 1.807) is 48.8 Å². The highest BCUT2D eigenvalue weighted by Crippen LogP contribution is 2.24. The molecule has 1 aromatic heterocycles. The minimum atomic E-state index is -0.310. The summed E-state index contributed by atoms with van der Waals surface area (Å²) in [6, 6.07) is 16.1. The first kappa shape index (κ1) is 21.6. The molecule has 3 aromatic rings. The monoisotopic (exact) mass is 432 g/mol. The number of nitrogens with zero attached hydrogens (tertiary/aromatic N) is 2. The Morgan fingerprint density at radius 3 is 2.31 bits per heavy atom. The highest BCUT2D eigenvalue weighted by atomic mass is 16.5. The summed E-state index contributed by atoms with van der Waals surface area (Å²) in [5.74, 6) is 2.23. The molecule has 2 amide bonds. The van der Waals surface area contributed by atoms with Crippen molar-refractivity contribution in [1.29, 1.82) is 0 Å². The molecule has 32 heavy (non-hydrogen) atoms. The Morgan fingerprint density at radius 1 is 0.938 bits per heavy atom. The van der Waals surface area contributed by atoms with Gasteiger partial charge in [-0.25, -0.2) is 4.79 Å². The molecule has 1 saturated heterocycles. The highest BCUT2D eigenvalue weighted by molar-refractivity contribution is 5.99. The van der Waals surface area contributed by atoms with Crippen LogP contribution in [0.2, 0.25) is 0 Å². The molecule has 1 aliphatic heterocycles. The minimum Gasteiger partial charge on any atom is -0.492 e. The van der Waals surface area contributed by atoms with Gasteiger partial charge in [-0.15, -0.1) is 0 Å². The van der Waals surface area contributed by atoms with E-state index in [4.69, 9.17) is 9.47 Å². The molecule has 2 aromatic carbocycles. The quantitative estimate of drug-likeness (QED) is 0.505. The zero-order chi connectivity index (χ0) is 22.2. The molecular weight excluding hydrogens is 404 g/mol. The van der Waals surface area contributed by atoms with E-state index in [1.165, 1.54) is 25.9 Å². The van der Waals surface area contributed by atoms with Crippen molar-refractivity contribution < 1.29 is 14.3 Å². The molecule has 2 N–H and O–H groups in total. The smallest absolute Gasteiger partial charge is 0.323 e. The zero-order valence-electron chi connectivity index (χ0n) is 18.2. The van der Waals surface area contributed by atoms with Gasteiger partial charge in [0.1, 0.15) is 23.9 Å². The molecule has 4 rings (SSSR count). The summed E-state index contributed by atoms with van der Waals surface area (Å²) in [4.78, 5) is 18.8. The number of anilines is 2. The molecule has 0 atom stereocenters. The lowest BCUT2D eigenvalue weighted by Gasteiger charge is -2.16. The average molecular weight is 433 g/mol. The first-order chi connectivity index (χ1) is 15.7. The van der Waals surface area contributed by atoms with Crippen LogP contribution in [0.25, 0.3) is 0 Å². The van der Waals surface area contributed by atoms with Gasteiger partial charge in [-0.2, -0.15) is 0 Å². The van der Waals surface area contributed by atoms with Crippen molar-refractivity contribution in [2.75, 3.05) is 36.9 Å². The largest absolute Gasteiger partial charge is 0.492 e. The molecule has 0 aliphatic carbocycles. The Kier molecular flexibility index (Phi) is 7.19. The molecule has 0 unspecified atom stereocenters. The van der Waals surface area contributed by atoms with Gasteiger partial charge in [0, 0.05) is 30.3 Å². The van der Waals surface area contributed by atoms with Gasteiger partial charge in [0.05, 0.1) is 0 Å². The number of likely N-dealkylation sites (tertiary alicyclic amines) is 1. The average Bonchev–Trinajstić information content (AvgIpc) is 3.31. The van der Waals surface area contributed by atoms with Crippen LogP contribution in [0.3, 0.4) is 0 Å². The molecule has 0 saturated carbocycles. The maximum Gasteiger partial charge on any atom is 0.323 e. The van der Waals surface area contributed by atoms with Gasteiger partial charge in [0.2, 0.25) is 0 Å². The maximum atomic E-state index is 12.4. The molecule has 1 aliphatic rings. The van der Waals surface area contributed by atoms with Crippen LogP contribution in [-0.2, 0) is 0 Å². The fourth-order valence-corrected chi connectivity index (χ4v) is 3.62. The van der Waals surface area contributed by atoms with Crippen LogP contribution < -0.4 is 20.1 Å². The number of hydrogen-bond acceptors (Lipinski definition) is 5. The van der Waals surface area contributed by atoms with Crippen molar-refractivity contribution >= 4 is 17.4 Å². The van der Waals surface area contributed by atoms with Gasteiger partial charge >= 0.3 is 6.03 Å². The van der Waals surface area contributed by atoms with Gasteiger partial charge in [-0.1, -0.05) is 0 Å². The summed E-state index contributed by atoms with van der Waals surface area (Å²) in [6.45, 7) is 5.95. The van der Waals surface area contributed by atoms with Gasteiger partial charge in [-0.05, 0) is 93.0 Å². The molecule has 2 heterocycles. The normalized spacial score (nSPS) is 13.5. The van der Waals surface area contributed by atoms with Crippen LogP contribution >= 0.6 is 0 Å². The molecule has 7 nitrogen and oxygen atoms in total. The number of amides is 2. The highest BCUT2D eigenvalue weighted by Gasteiger charge is 2.11. The number of aromatic nitrogens is 1. The number of nitrogens with one attached hydrogen (secondary N) is 2. The van der Waals surface area contributed by atoms with Crippen LogP contribution in [0.5, 0.6) is 17.2 Å². The fourth-order valence-electron chi connectivity index (χ4n) is 3.62. The Balaban J connectivity index is 1.25. The second-order valence-corrected chi connectivity index (χ2v) is 7.77. The topological polar surface area (TPSA) is 75.7 Å². The van der Waals surface area contributed by atoms with E-state index in [-0.39, 0.29) is 6.03 Å². The number of carbonyl (C=O) groups is 1. The molecule has 166 valence electrons. The molecule has 0 spiro atoms. The molecule has 0 radical (unpaired) electrons. The summed E-state index contributed by atoms with van der Waals surface area (Å²) < 4.78 is 11.7. The van der Waals surface area contributed by atoms with E-state index < -0.39 is 0 Å². The Bertz CT molecular complexity index is 1020. The van der Waals surface area contributed by atoms with Gasteiger partial charge in [-0.3, -0.25) is 9.88 Å². The number of carbonyl (C=O) groups excluding carboxylic acids is 1. The van der Waals surface area contributed by atoms with Crippen LogP contribution in [0.1, 0.15) is 18.4 Å². The van der Waals surface area contributed by atoms with Crippen LogP contribution in [0.4, 0.5) is 16.2 Å². The standard InChI is InChI=1S/C25H28N4O3/c1-19-18-21(6-9-24(19)31-17-16-29-14-2-3-15-29)28-25(30)27-20-4-7-22(8-5-20)32-23-10-12-26-13-11-23/h4-13,18H,2-3,14-17H2,1H3,(H2,27,28,30). The van der Waals surface area contributed by atoms with Gasteiger partial charge < -0.3 is 20.1 Å². The Labute approximate surface area is 188 Å². The summed E-state index contributed by atoms with van der Waals surface area (Å²) in [7, 11) is 0. The number of rotatable bonds is 8. The molecule has 7 heteroatoms. The second kappa shape index (κ2) is 10.6. The van der Waals surface area contributed by atoms with Crippen molar-refractivity contribution in [2.45, 2.75) is 19.8 Å². The van der Waals surface area contributed by atoms with E-state index in [9.17, 15) is 4.79 Å². The number of benzene rings is 2. The number of hydrogen-bond donors (Lipinski definition) is 2. The zero-order valence-corrected chi connectivity index (χ0v) is 18.2. The van der Waals surface area contributed by atoms with E-state index in [0.717, 1.165) is 17.9 Å². The molecule has 0 bridgehead atoms. The Hall–Kier alpha value is -3.58. The van der Waals surface area contributed by atoms with E-state index >= 15 is 0 Å². The minimum absolute atomic E-state index is 0.310. The van der Waals surface area contributed by atoms with Gasteiger partial charge in [0.25, 0.3) is 0 Å². The third-order valence-corrected chi connectivity index (χ3v) is 5.29. The number of ether oxygens (including phenoxy) is 2. The van der Waals surface area contributed by atoms with Crippen molar-refractivity contribution in [2.24, 2.45) is 0 Å². The summed E-state index contributed by atoms with van der Waals surface area (Å²) in [5.41, 5.74) is 2.37. The summed E-state index contributed by atoms with van der Waals surface area (Å²) in [6.07, 6.45) is 5.91. The predicted octanol–water partition coefficient (Wildman–Crippen LogP) is 5.30. The van der Waals surface area contributed by atoms with E-state index in [1.807, 2.05) is 25.1 Å². The predicted molar refractivity (Wildman–Crippen MR) is 126 cm³/mol. The summed E-state index contributed by atoms with van der Waals surface area (Å²) in [5, 5.41) is 5.69. The van der Waals surface area contributed by atoms with E-state index in [0.29, 0.717) is 29.5 Å². The lowest BCUT2D eigenvalue weighted by Crippen LogP contribution is -2.25. The number of urea groups is 1. The summed E-state index contributed by atoms with van der Waals surface area (Å²) >= 11 is 0. The molecule has 1 fully saturated rings. The number of aryl methyl sites for hydroxylation is 1. The van der Waals surface area contributed by atoms with E-state index in [2.05, 4.69) is 20.5 Å². The second-order valence-electron chi connectivity index (χ2n) is 7.77. The van der Waals surface area contributed by atoms with Crippen LogP contribution in [0.15, 0.2) is 67.0 Å². The van der Waals surface area contributed by atoms with Crippen LogP contribution in [0, 0.1) is 6.92 Å². The van der Waals surface area contributed by atoms with Crippen molar-refractivity contribution in [1.82, 2.24) is 9.88 Å². The number of pyridine rings is 1. The lowest BCUT2D eigenvalue weighted by molar-refractivity contribution is 0.237. The Morgan fingerprint density at radius 2 is 1.59 bits per heavy atom. The van der Waals surface area contributed by atoms with Crippen LogP contribution in [-0.4, -0.2) is 42.2 Å². The maximum absolute atomic E-state index is 12.4. The first-order valence-electron chi connectivity index (χ1n) is 10.9. The SMILES string of the molecule is Cc1cc(NC(=O)Nc2ccc(Oc3ccncc3)cc2)ccc1OCCN1CCCC1. The lowest BCUT2D eigenvalue weighted by atomic mass is 10.2. The molecular formula is C25H28N4O3. The fraction of sp³-hybridized carbons (Fsp3) is 0.280. The van der Waals surface area contributed by atoms with Crippen molar-refractivity contribution in [3.05, 3.63) is 72.6 Å².